The third kappa shape index (κ3) is 4.12. The first-order valence-electron chi connectivity index (χ1n) is 8.13. The van der Waals surface area contributed by atoms with Gasteiger partial charge in [0.25, 0.3) is 0 Å². The molecule has 1 aliphatic heterocycles. The Kier molecular flexibility index (Phi) is 6.70. The molecule has 0 aliphatic carbocycles. The first-order valence-corrected chi connectivity index (χ1v) is 8.13. The summed E-state index contributed by atoms with van der Waals surface area (Å²) in [6.07, 6.45) is -7.60. The molecule has 0 saturated carbocycles. The molecule has 1 aromatic rings. The summed E-state index contributed by atoms with van der Waals surface area (Å²) in [6, 6.07) is 8.67. The standard InChI is InChI=1S/C17H25NO6/c1-2-3-9-18-17-15(23)13(21)11(19)12(20)14(22)16(24-17)10-7-5-4-6-8-10/h4-8,11-16,19-23H,2-3,9H2,1H3/t11-,12+,13+,14?,15-,16?/m1/s1. The van der Waals surface area contributed by atoms with Crippen molar-refractivity contribution in [2.75, 3.05) is 6.54 Å². The second-order valence-electron chi connectivity index (χ2n) is 5.93. The lowest BCUT2D eigenvalue weighted by atomic mass is 9.91. The number of benzene rings is 1. The molecule has 7 heteroatoms. The molecule has 7 nitrogen and oxygen atoms in total. The molecule has 24 heavy (non-hydrogen) atoms. The Labute approximate surface area is 140 Å². The van der Waals surface area contributed by atoms with Gasteiger partial charge in [0.05, 0.1) is 0 Å². The van der Waals surface area contributed by atoms with E-state index >= 15 is 0 Å². The molecule has 0 amide bonds. The van der Waals surface area contributed by atoms with Crippen molar-refractivity contribution in [1.82, 2.24) is 0 Å². The normalized spacial score (nSPS) is 36.0. The molecule has 5 N–H and O–H groups in total. The zero-order valence-electron chi connectivity index (χ0n) is 13.6. The average molecular weight is 339 g/mol. The second kappa shape index (κ2) is 8.55. The maximum Gasteiger partial charge on any atom is 0.216 e. The Hall–Kier alpha value is -1.51. The quantitative estimate of drug-likeness (QED) is 0.483. The lowest BCUT2D eigenvalue weighted by Gasteiger charge is -2.37. The van der Waals surface area contributed by atoms with E-state index in [0.717, 1.165) is 12.8 Å². The largest absolute Gasteiger partial charge is 0.468 e. The van der Waals surface area contributed by atoms with Crippen LogP contribution < -0.4 is 0 Å². The van der Waals surface area contributed by atoms with E-state index < -0.39 is 36.6 Å². The van der Waals surface area contributed by atoms with Crippen LogP contribution >= 0.6 is 0 Å². The third-order valence-electron chi connectivity index (χ3n) is 4.09. The monoisotopic (exact) mass is 339 g/mol. The van der Waals surface area contributed by atoms with Crippen LogP contribution in [0, 0.1) is 0 Å². The van der Waals surface area contributed by atoms with Crippen molar-refractivity contribution in [3.8, 4) is 0 Å². The van der Waals surface area contributed by atoms with E-state index in [4.69, 9.17) is 4.74 Å². The highest BCUT2D eigenvalue weighted by Crippen LogP contribution is 2.29. The number of aliphatic hydroxyl groups is 5. The molecule has 2 rings (SSSR count). The van der Waals surface area contributed by atoms with Crippen molar-refractivity contribution in [1.29, 1.82) is 0 Å². The van der Waals surface area contributed by atoms with E-state index in [2.05, 4.69) is 4.99 Å². The van der Waals surface area contributed by atoms with E-state index in [-0.39, 0.29) is 5.90 Å². The number of hydrogen-bond donors (Lipinski definition) is 5. The summed E-state index contributed by atoms with van der Waals surface area (Å²) in [7, 11) is 0. The Morgan fingerprint density at radius 2 is 1.54 bits per heavy atom. The van der Waals surface area contributed by atoms with Crippen LogP contribution in [0.15, 0.2) is 35.3 Å². The fourth-order valence-corrected chi connectivity index (χ4v) is 2.57. The molecule has 0 radical (unpaired) electrons. The van der Waals surface area contributed by atoms with Crippen LogP contribution in [0.4, 0.5) is 0 Å². The molecule has 2 unspecified atom stereocenters. The van der Waals surface area contributed by atoms with Gasteiger partial charge in [-0.05, 0) is 12.0 Å². The Morgan fingerprint density at radius 3 is 2.17 bits per heavy atom. The lowest BCUT2D eigenvalue weighted by molar-refractivity contribution is -0.160. The summed E-state index contributed by atoms with van der Waals surface area (Å²) in [5.41, 5.74) is 0.558. The van der Waals surface area contributed by atoms with Gasteiger partial charge in [-0.15, -0.1) is 0 Å². The summed E-state index contributed by atoms with van der Waals surface area (Å²) in [5, 5.41) is 50.7. The van der Waals surface area contributed by atoms with Gasteiger partial charge < -0.3 is 30.3 Å². The van der Waals surface area contributed by atoms with E-state index in [1.807, 2.05) is 6.92 Å². The minimum atomic E-state index is -1.73. The lowest BCUT2D eigenvalue weighted by Crippen LogP contribution is -2.56. The van der Waals surface area contributed by atoms with E-state index in [1.54, 1.807) is 30.3 Å². The molecule has 0 spiro atoms. The van der Waals surface area contributed by atoms with E-state index in [0.29, 0.717) is 12.1 Å². The number of hydrogen-bond acceptors (Lipinski definition) is 7. The molecular formula is C17H25NO6. The Bertz CT molecular complexity index is 537. The van der Waals surface area contributed by atoms with Crippen LogP contribution in [0.5, 0.6) is 0 Å². The highest BCUT2D eigenvalue weighted by atomic mass is 16.5. The first kappa shape index (κ1) is 18.8. The number of ether oxygens (including phenoxy) is 1. The zero-order chi connectivity index (χ0) is 17.7. The van der Waals surface area contributed by atoms with Crippen LogP contribution in [0.1, 0.15) is 31.4 Å². The van der Waals surface area contributed by atoms with Gasteiger partial charge in [0, 0.05) is 6.54 Å². The molecule has 6 atom stereocenters. The minimum absolute atomic E-state index is 0.158. The van der Waals surface area contributed by atoms with Crippen molar-refractivity contribution in [2.24, 2.45) is 4.99 Å². The van der Waals surface area contributed by atoms with Crippen molar-refractivity contribution in [3.05, 3.63) is 35.9 Å². The van der Waals surface area contributed by atoms with E-state index in [9.17, 15) is 25.5 Å². The number of unbranched alkanes of at least 4 members (excludes halogenated alkanes) is 1. The topological polar surface area (TPSA) is 123 Å². The van der Waals surface area contributed by atoms with Crippen LogP contribution in [0.25, 0.3) is 0 Å². The maximum atomic E-state index is 10.4. The summed E-state index contributed by atoms with van der Waals surface area (Å²) in [5.74, 6) is -0.158. The van der Waals surface area contributed by atoms with Gasteiger partial charge in [-0.25, -0.2) is 0 Å². The van der Waals surface area contributed by atoms with Crippen molar-refractivity contribution < 1.29 is 30.3 Å². The Morgan fingerprint density at radius 1 is 0.917 bits per heavy atom. The highest BCUT2D eigenvalue weighted by molar-refractivity contribution is 5.82. The van der Waals surface area contributed by atoms with Gasteiger partial charge in [-0.3, -0.25) is 4.99 Å². The molecule has 1 aliphatic rings. The second-order valence-corrected chi connectivity index (χ2v) is 5.93. The Balaban J connectivity index is 2.36. The summed E-state index contributed by atoms with van der Waals surface area (Å²) in [6.45, 7) is 2.37. The van der Waals surface area contributed by atoms with Crippen molar-refractivity contribution in [3.63, 3.8) is 0 Å². The maximum absolute atomic E-state index is 10.4. The number of rotatable bonds is 4. The van der Waals surface area contributed by atoms with E-state index in [1.165, 1.54) is 0 Å². The summed E-state index contributed by atoms with van der Waals surface area (Å²) in [4.78, 5) is 4.16. The van der Waals surface area contributed by atoms with Crippen molar-refractivity contribution >= 4 is 5.90 Å². The van der Waals surface area contributed by atoms with Crippen LogP contribution in [-0.2, 0) is 4.74 Å². The molecule has 134 valence electrons. The molecule has 0 aromatic heterocycles. The fraction of sp³-hybridized carbons (Fsp3) is 0.588. The summed E-state index contributed by atoms with van der Waals surface area (Å²) >= 11 is 0. The highest BCUT2D eigenvalue weighted by Gasteiger charge is 2.44. The molecule has 0 bridgehead atoms. The van der Waals surface area contributed by atoms with Gasteiger partial charge in [0.1, 0.15) is 24.4 Å². The summed E-state index contributed by atoms with van der Waals surface area (Å²) < 4.78 is 5.66. The van der Waals surface area contributed by atoms with Gasteiger partial charge in [-0.1, -0.05) is 43.7 Å². The SMILES string of the molecule is CCCCN=C1OC(c2ccccc2)C(O)[C@@H](O)[C@@H](O)[C@H](O)[C@H]1O. The zero-order valence-corrected chi connectivity index (χ0v) is 13.6. The number of nitrogens with zero attached hydrogens (tertiary/aromatic N) is 1. The van der Waals surface area contributed by atoms with Crippen LogP contribution in [0.2, 0.25) is 0 Å². The third-order valence-corrected chi connectivity index (χ3v) is 4.09. The van der Waals surface area contributed by atoms with Gasteiger partial charge in [0.15, 0.2) is 12.2 Å². The number of aliphatic imine (C=N–C) groups is 1. The number of aliphatic hydroxyl groups excluding tert-OH is 5. The molecular weight excluding hydrogens is 314 g/mol. The van der Waals surface area contributed by atoms with Crippen LogP contribution in [0.3, 0.4) is 0 Å². The molecule has 1 aromatic carbocycles. The predicted octanol–water partition coefficient (Wildman–Crippen LogP) is -0.239. The van der Waals surface area contributed by atoms with Gasteiger partial charge >= 0.3 is 0 Å². The molecule has 1 saturated heterocycles. The fourth-order valence-electron chi connectivity index (χ4n) is 2.57. The van der Waals surface area contributed by atoms with Crippen LogP contribution in [-0.4, -0.2) is 68.5 Å². The molecule has 1 fully saturated rings. The van der Waals surface area contributed by atoms with Gasteiger partial charge in [0.2, 0.25) is 5.90 Å². The first-order chi connectivity index (χ1) is 11.5. The smallest absolute Gasteiger partial charge is 0.216 e. The van der Waals surface area contributed by atoms with Gasteiger partial charge in [-0.2, -0.15) is 0 Å². The predicted molar refractivity (Wildman–Crippen MR) is 87.5 cm³/mol. The molecule has 1 heterocycles. The van der Waals surface area contributed by atoms with Crippen molar-refractivity contribution in [2.45, 2.75) is 56.4 Å². The average Bonchev–Trinajstić information content (AvgIpc) is 2.61. The minimum Gasteiger partial charge on any atom is -0.468 e.